The number of allylic oxidation sites excluding steroid dienone is 2. The molecule has 1 aromatic carbocycles. The van der Waals surface area contributed by atoms with E-state index < -0.39 is 0 Å². The molecule has 1 aromatic heterocycles. The molecule has 0 fully saturated rings. The van der Waals surface area contributed by atoms with Crippen LogP contribution in [0.5, 0.6) is 0 Å². The summed E-state index contributed by atoms with van der Waals surface area (Å²) in [6, 6.07) is 6.67. The van der Waals surface area contributed by atoms with Crippen LogP contribution in [0.2, 0.25) is 0 Å². The van der Waals surface area contributed by atoms with Crippen molar-refractivity contribution in [3.63, 3.8) is 0 Å². The fourth-order valence-electron chi connectivity index (χ4n) is 2.57. The zero-order valence-corrected chi connectivity index (χ0v) is 15.5. The van der Waals surface area contributed by atoms with E-state index in [1.165, 1.54) is 24.4 Å². The molecule has 2 aromatic rings. The van der Waals surface area contributed by atoms with Gasteiger partial charge in [-0.3, -0.25) is 0 Å². The predicted octanol–water partition coefficient (Wildman–Crippen LogP) is -5.00. The van der Waals surface area contributed by atoms with E-state index >= 15 is 0 Å². The molecule has 0 saturated carbocycles. The Labute approximate surface area is 148 Å². The molecule has 3 rings (SSSR count). The van der Waals surface area contributed by atoms with Crippen LogP contribution in [0.1, 0.15) is 37.1 Å². The molecule has 0 saturated heterocycles. The molecule has 19 heavy (non-hydrogen) atoms. The monoisotopic (exact) mass is 366 g/mol. The van der Waals surface area contributed by atoms with Crippen molar-refractivity contribution in [2.75, 3.05) is 0 Å². The average Bonchev–Trinajstić information content (AvgIpc) is 2.74. The summed E-state index contributed by atoms with van der Waals surface area (Å²) in [7, 11) is 0. The van der Waals surface area contributed by atoms with Crippen molar-refractivity contribution in [2.24, 2.45) is 0 Å². The fourth-order valence-corrected chi connectivity index (χ4v) is 4.55. The normalized spacial score (nSPS) is 16.6. The van der Waals surface area contributed by atoms with Crippen molar-refractivity contribution in [3.8, 4) is 0 Å². The van der Waals surface area contributed by atoms with Gasteiger partial charge in [-0.2, -0.15) is 0 Å². The number of halogens is 3. The summed E-state index contributed by atoms with van der Waals surface area (Å²) in [5, 5.41) is 1.48. The number of fused-ring (bicyclic) bond motifs is 3. The Hall–Kier alpha value is 0.504. The maximum Gasteiger partial charge on any atom is -1.00 e. The van der Waals surface area contributed by atoms with Gasteiger partial charge in [0.25, 0.3) is 0 Å². The van der Waals surface area contributed by atoms with Gasteiger partial charge in [-0.15, -0.1) is 0 Å². The molecule has 100 valence electrons. The zero-order chi connectivity index (χ0) is 11.4. The maximum absolute atomic E-state index is 2.33. The Morgan fingerprint density at radius 3 is 2.37 bits per heavy atom. The smallest absolute Gasteiger partial charge is 1.00 e. The maximum atomic E-state index is 2.33. The van der Waals surface area contributed by atoms with Gasteiger partial charge in [0.2, 0.25) is 0 Å². The number of thiophene rings is 1. The van der Waals surface area contributed by atoms with Gasteiger partial charge in [0, 0.05) is 0 Å². The largest absolute Gasteiger partial charge is 1.00 e. The van der Waals surface area contributed by atoms with Gasteiger partial charge in [-0.25, -0.2) is 0 Å². The summed E-state index contributed by atoms with van der Waals surface area (Å²) in [6.07, 6.45) is 0. The van der Waals surface area contributed by atoms with Crippen molar-refractivity contribution in [3.05, 3.63) is 34.2 Å². The third-order valence-electron chi connectivity index (χ3n) is 3.77. The van der Waals surface area contributed by atoms with Crippen molar-refractivity contribution in [1.82, 2.24) is 0 Å². The van der Waals surface area contributed by atoms with Gasteiger partial charge < -0.3 is 37.2 Å². The molecule has 1 aliphatic rings. The van der Waals surface area contributed by atoms with Crippen LogP contribution >= 0.6 is 11.3 Å². The first kappa shape index (κ1) is 19.5. The standard InChI is InChI=1S/C14H13S.3ClH.Ti/c1-8-9(2)13-11-6-4-5-7-12(11)15-14(13)10(8)3;;;;/h4-6,9H,1-3H3;3*1H;/q;;;;+3/p-3. The molecule has 0 spiro atoms. The van der Waals surface area contributed by atoms with E-state index in [-0.39, 0.29) is 37.2 Å². The second-order valence-electron chi connectivity index (χ2n) is 4.56. The van der Waals surface area contributed by atoms with E-state index in [4.69, 9.17) is 0 Å². The van der Waals surface area contributed by atoms with Crippen LogP contribution in [0, 0.1) is 0 Å². The van der Waals surface area contributed by atoms with E-state index in [1.807, 2.05) is 11.3 Å². The van der Waals surface area contributed by atoms with Crippen LogP contribution in [0.15, 0.2) is 23.8 Å². The molecule has 5 heteroatoms. The molecule has 0 N–H and O–H groups in total. The summed E-state index contributed by atoms with van der Waals surface area (Å²) >= 11 is 4.18. The Kier molecular flexibility index (Phi) is 7.16. The number of hydrogen-bond acceptors (Lipinski definition) is 1. The summed E-state index contributed by atoms with van der Waals surface area (Å²) in [5.41, 5.74) is 4.62. The van der Waals surface area contributed by atoms with E-state index in [9.17, 15) is 0 Å². The van der Waals surface area contributed by atoms with Crippen LogP contribution < -0.4 is 41.1 Å². The molecule has 1 unspecified atom stereocenters. The summed E-state index contributed by atoms with van der Waals surface area (Å²) in [6.45, 7) is 6.87. The van der Waals surface area contributed by atoms with Gasteiger partial charge in [0.1, 0.15) is 0 Å². The first-order chi connectivity index (χ1) is 7.61. The van der Waals surface area contributed by atoms with Crippen molar-refractivity contribution in [1.29, 1.82) is 0 Å². The minimum Gasteiger partial charge on any atom is -1.00 e. The van der Waals surface area contributed by atoms with Crippen LogP contribution in [-0.2, 0) is 20.4 Å². The van der Waals surface area contributed by atoms with Crippen molar-refractivity contribution < 1.29 is 57.7 Å². The summed E-state index contributed by atoms with van der Waals surface area (Å²) in [5.74, 6) is 0.602. The first-order valence-electron chi connectivity index (χ1n) is 5.56. The Morgan fingerprint density at radius 1 is 1.11 bits per heavy atom. The molecular formula is C14H13Cl3STi. The third kappa shape index (κ3) is 2.79. The van der Waals surface area contributed by atoms with Crippen LogP contribution in [0.3, 0.4) is 0 Å². The molecule has 1 heterocycles. The zero-order valence-electron chi connectivity index (χ0n) is 10.9. The van der Waals surface area contributed by atoms with Crippen LogP contribution in [-0.4, -0.2) is 0 Å². The number of rotatable bonds is 0. The van der Waals surface area contributed by atoms with Crippen molar-refractivity contribution >= 4 is 30.9 Å². The first-order valence-corrected chi connectivity index (χ1v) is 7.15. The molecule has 0 bridgehead atoms. The van der Waals surface area contributed by atoms with E-state index in [2.05, 4.69) is 59.4 Å². The molecule has 0 aliphatic heterocycles. The SMILES string of the molecule is CC1=C(C)C(C)c2c1sc1[c]([Ti+3])cccc21.[Cl-].[Cl-].[Cl-]. The van der Waals surface area contributed by atoms with Gasteiger partial charge in [-0.1, -0.05) is 0 Å². The molecule has 0 radical (unpaired) electrons. The second-order valence-corrected chi connectivity index (χ2v) is 6.42. The van der Waals surface area contributed by atoms with Crippen LogP contribution in [0.4, 0.5) is 0 Å². The van der Waals surface area contributed by atoms with Gasteiger partial charge in [0.05, 0.1) is 0 Å². The minimum atomic E-state index is 0. The number of hydrogen-bond donors (Lipinski definition) is 0. The Balaban J connectivity index is 0.00000108. The Morgan fingerprint density at radius 2 is 1.74 bits per heavy atom. The second kappa shape index (κ2) is 6.98. The molecule has 1 atom stereocenters. The third-order valence-corrected chi connectivity index (χ3v) is 6.08. The molecule has 0 nitrogen and oxygen atoms in total. The summed E-state index contributed by atoms with van der Waals surface area (Å²) in [4.78, 5) is 1.52. The van der Waals surface area contributed by atoms with Gasteiger partial charge in [-0.05, 0) is 0 Å². The average molecular weight is 368 g/mol. The molecule has 1 aliphatic carbocycles. The predicted molar refractivity (Wildman–Crippen MR) is 68.1 cm³/mol. The number of benzene rings is 1. The van der Waals surface area contributed by atoms with Crippen molar-refractivity contribution in [2.45, 2.75) is 26.7 Å². The van der Waals surface area contributed by atoms with Gasteiger partial charge in [0.15, 0.2) is 0 Å². The van der Waals surface area contributed by atoms with E-state index in [1.54, 1.807) is 11.1 Å². The summed E-state index contributed by atoms with van der Waals surface area (Å²) < 4.78 is 2.89. The molecular weight excluding hydrogens is 354 g/mol. The van der Waals surface area contributed by atoms with Gasteiger partial charge >= 0.3 is 112 Å². The topological polar surface area (TPSA) is 0 Å². The fraction of sp³-hybridized carbons (Fsp3) is 0.286. The van der Waals surface area contributed by atoms with E-state index in [0.717, 1.165) is 0 Å². The molecule has 0 amide bonds. The quantitative estimate of drug-likeness (QED) is 0.409. The van der Waals surface area contributed by atoms with Crippen LogP contribution in [0.25, 0.3) is 15.7 Å². The van der Waals surface area contributed by atoms with E-state index in [0.29, 0.717) is 5.92 Å². The Bertz CT molecular complexity index is 631. The minimum absolute atomic E-state index is 0.